The van der Waals surface area contributed by atoms with E-state index in [1.807, 2.05) is 0 Å². The van der Waals surface area contributed by atoms with Crippen molar-refractivity contribution in [3.63, 3.8) is 0 Å². The molecule has 17 heavy (non-hydrogen) atoms. The number of nitrogens with zero attached hydrogens (tertiary/aromatic N) is 2. The number of hydrogen-bond donors (Lipinski definition) is 2. The number of carbonyl (C=O) groups is 1. The van der Waals surface area contributed by atoms with Crippen LogP contribution in [-0.2, 0) is 6.42 Å². The molecule has 0 unspecified atom stereocenters. The number of halogens is 1. The molecule has 2 aromatic heterocycles. The van der Waals surface area contributed by atoms with E-state index in [4.69, 9.17) is 11.6 Å². The van der Waals surface area contributed by atoms with Crippen LogP contribution < -0.4 is 5.32 Å². The van der Waals surface area contributed by atoms with E-state index in [-0.39, 0.29) is 5.91 Å². The van der Waals surface area contributed by atoms with Gasteiger partial charge >= 0.3 is 0 Å². The summed E-state index contributed by atoms with van der Waals surface area (Å²) in [6, 6.07) is 3.51. The quantitative estimate of drug-likeness (QED) is 0.750. The van der Waals surface area contributed by atoms with Gasteiger partial charge in [0.1, 0.15) is 16.7 Å². The second-order valence-electron chi connectivity index (χ2n) is 3.79. The zero-order valence-corrected chi connectivity index (χ0v) is 9.58. The topological polar surface area (TPSA) is 70.7 Å². The first-order valence-corrected chi connectivity index (χ1v) is 5.61. The molecule has 6 heteroatoms. The molecule has 86 valence electrons. The molecule has 0 atom stereocenters. The number of rotatable bonds is 1. The molecule has 3 heterocycles. The Labute approximate surface area is 102 Å². The van der Waals surface area contributed by atoms with Crippen LogP contribution in [0.4, 0.5) is 0 Å². The Morgan fingerprint density at radius 1 is 1.41 bits per heavy atom. The zero-order chi connectivity index (χ0) is 11.8. The number of amides is 1. The van der Waals surface area contributed by atoms with E-state index < -0.39 is 0 Å². The van der Waals surface area contributed by atoms with Gasteiger partial charge in [-0.05, 0) is 12.1 Å². The van der Waals surface area contributed by atoms with E-state index in [1.54, 1.807) is 18.3 Å². The van der Waals surface area contributed by atoms with Gasteiger partial charge in [0, 0.05) is 30.4 Å². The molecule has 5 nitrogen and oxygen atoms in total. The highest BCUT2D eigenvalue weighted by Gasteiger charge is 2.21. The monoisotopic (exact) mass is 248 g/mol. The average Bonchev–Trinajstić information content (AvgIpc) is 2.74. The van der Waals surface area contributed by atoms with Crippen molar-refractivity contribution in [2.45, 2.75) is 6.42 Å². The van der Waals surface area contributed by atoms with Gasteiger partial charge in [0.25, 0.3) is 5.91 Å². The fourth-order valence-electron chi connectivity index (χ4n) is 1.85. The van der Waals surface area contributed by atoms with E-state index in [2.05, 4.69) is 20.3 Å². The first kappa shape index (κ1) is 10.3. The van der Waals surface area contributed by atoms with Crippen LogP contribution in [0.3, 0.4) is 0 Å². The van der Waals surface area contributed by atoms with Gasteiger partial charge < -0.3 is 10.3 Å². The minimum absolute atomic E-state index is 0.131. The van der Waals surface area contributed by atoms with Crippen LogP contribution in [0.2, 0.25) is 5.15 Å². The van der Waals surface area contributed by atoms with Crippen LogP contribution in [0.5, 0.6) is 0 Å². The Bertz CT molecular complexity index is 593. The Morgan fingerprint density at radius 3 is 3.06 bits per heavy atom. The Kier molecular flexibility index (Phi) is 2.33. The summed E-state index contributed by atoms with van der Waals surface area (Å²) >= 11 is 5.82. The normalized spacial score (nSPS) is 14.3. The summed E-state index contributed by atoms with van der Waals surface area (Å²) in [4.78, 5) is 22.9. The van der Waals surface area contributed by atoms with E-state index in [0.29, 0.717) is 23.2 Å². The highest BCUT2D eigenvalue weighted by Crippen LogP contribution is 2.21. The maximum absolute atomic E-state index is 11.6. The number of pyridine rings is 1. The summed E-state index contributed by atoms with van der Waals surface area (Å²) in [6.07, 6.45) is 2.38. The fourth-order valence-corrected chi connectivity index (χ4v) is 2.02. The third-order valence-corrected chi connectivity index (χ3v) is 2.86. The van der Waals surface area contributed by atoms with Crippen molar-refractivity contribution in [3.05, 3.63) is 34.9 Å². The van der Waals surface area contributed by atoms with Crippen LogP contribution in [0.15, 0.2) is 18.3 Å². The van der Waals surface area contributed by atoms with E-state index in [0.717, 1.165) is 17.7 Å². The van der Waals surface area contributed by atoms with Crippen LogP contribution >= 0.6 is 11.6 Å². The lowest BCUT2D eigenvalue weighted by Crippen LogP contribution is -2.31. The average molecular weight is 249 g/mol. The minimum Gasteiger partial charge on any atom is -0.350 e. The van der Waals surface area contributed by atoms with Crippen molar-refractivity contribution in [1.29, 1.82) is 0 Å². The lowest BCUT2D eigenvalue weighted by atomic mass is 10.2. The van der Waals surface area contributed by atoms with Crippen molar-refractivity contribution in [1.82, 2.24) is 20.3 Å². The van der Waals surface area contributed by atoms with E-state index in [9.17, 15) is 4.79 Å². The van der Waals surface area contributed by atoms with Gasteiger partial charge in [0.2, 0.25) is 0 Å². The molecule has 1 aliphatic rings. The van der Waals surface area contributed by atoms with Crippen LogP contribution in [0.25, 0.3) is 11.4 Å². The second-order valence-corrected chi connectivity index (χ2v) is 4.17. The Morgan fingerprint density at radius 2 is 2.29 bits per heavy atom. The molecule has 0 saturated carbocycles. The Balaban J connectivity index is 2.08. The molecule has 0 spiro atoms. The van der Waals surface area contributed by atoms with E-state index in [1.165, 1.54) is 0 Å². The highest BCUT2D eigenvalue weighted by molar-refractivity contribution is 6.29. The molecule has 0 aromatic carbocycles. The third kappa shape index (κ3) is 1.78. The lowest BCUT2D eigenvalue weighted by Gasteiger charge is -2.09. The van der Waals surface area contributed by atoms with Crippen molar-refractivity contribution in [2.24, 2.45) is 0 Å². The first-order valence-electron chi connectivity index (χ1n) is 5.23. The zero-order valence-electron chi connectivity index (χ0n) is 8.83. The molecule has 1 amide bonds. The van der Waals surface area contributed by atoms with Crippen molar-refractivity contribution >= 4 is 17.5 Å². The van der Waals surface area contributed by atoms with Crippen LogP contribution in [0.1, 0.15) is 16.2 Å². The number of aromatic nitrogens is 3. The number of hydrogen-bond acceptors (Lipinski definition) is 3. The second kappa shape index (κ2) is 3.85. The number of fused-ring (bicyclic) bond motifs is 1. The maximum atomic E-state index is 11.6. The molecule has 2 N–H and O–H groups in total. The van der Waals surface area contributed by atoms with Crippen LogP contribution in [0, 0.1) is 0 Å². The highest BCUT2D eigenvalue weighted by atomic mass is 35.5. The van der Waals surface area contributed by atoms with Gasteiger partial charge in [0.05, 0.1) is 0 Å². The van der Waals surface area contributed by atoms with Gasteiger partial charge in [-0.1, -0.05) is 11.6 Å². The van der Waals surface area contributed by atoms with E-state index >= 15 is 0 Å². The summed E-state index contributed by atoms with van der Waals surface area (Å²) in [7, 11) is 0. The van der Waals surface area contributed by atoms with Gasteiger partial charge in [-0.25, -0.2) is 9.97 Å². The number of nitrogens with one attached hydrogen (secondary N) is 2. The van der Waals surface area contributed by atoms with Crippen molar-refractivity contribution in [3.8, 4) is 11.4 Å². The molecule has 1 aliphatic heterocycles. The van der Waals surface area contributed by atoms with Gasteiger partial charge in [-0.2, -0.15) is 0 Å². The number of H-pyrrole nitrogens is 1. The standard InChI is InChI=1S/C11H9ClN4O/c12-8-5-6(1-3-13-8)10-15-7-2-4-14-11(17)9(7)16-10/h1,3,5H,2,4H2,(H,14,17)(H,15,16). The smallest absolute Gasteiger partial charge is 0.271 e. The summed E-state index contributed by atoms with van der Waals surface area (Å²) in [6.45, 7) is 0.643. The molecule has 0 bridgehead atoms. The molecule has 0 aliphatic carbocycles. The first-order chi connectivity index (χ1) is 8.24. The number of carbonyl (C=O) groups excluding carboxylic acids is 1. The molecular weight excluding hydrogens is 240 g/mol. The van der Waals surface area contributed by atoms with Gasteiger partial charge in [-0.3, -0.25) is 4.79 Å². The SMILES string of the molecule is O=C1NCCc2[nH]c(-c3ccnc(Cl)c3)nc21. The predicted octanol–water partition coefficient (Wildman–Crippen LogP) is 1.41. The number of aromatic amines is 1. The number of imidazole rings is 1. The Hall–Kier alpha value is -1.88. The molecule has 3 rings (SSSR count). The van der Waals surface area contributed by atoms with Crippen molar-refractivity contribution in [2.75, 3.05) is 6.54 Å². The van der Waals surface area contributed by atoms with Gasteiger partial charge in [0.15, 0.2) is 0 Å². The third-order valence-electron chi connectivity index (χ3n) is 2.65. The van der Waals surface area contributed by atoms with Crippen LogP contribution in [-0.4, -0.2) is 27.4 Å². The molecular formula is C11H9ClN4O. The summed E-state index contributed by atoms with van der Waals surface area (Å²) < 4.78 is 0. The molecule has 0 radical (unpaired) electrons. The predicted molar refractivity (Wildman–Crippen MR) is 62.9 cm³/mol. The molecule has 0 saturated heterocycles. The fraction of sp³-hybridized carbons (Fsp3) is 0.182. The lowest BCUT2D eigenvalue weighted by molar-refractivity contribution is 0.0941. The largest absolute Gasteiger partial charge is 0.350 e. The summed E-state index contributed by atoms with van der Waals surface area (Å²) in [5, 5.41) is 3.16. The summed E-state index contributed by atoms with van der Waals surface area (Å²) in [5.74, 6) is 0.519. The summed E-state index contributed by atoms with van der Waals surface area (Å²) in [5.41, 5.74) is 2.17. The molecule has 2 aromatic rings. The molecule has 0 fully saturated rings. The van der Waals surface area contributed by atoms with Crippen molar-refractivity contribution < 1.29 is 4.79 Å². The minimum atomic E-state index is -0.131. The van der Waals surface area contributed by atoms with Gasteiger partial charge in [-0.15, -0.1) is 0 Å². The maximum Gasteiger partial charge on any atom is 0.271 e.